The first-order chi connectivity index (χ1) is 14.3. The predicted octanol–water partition coefficient (Wildman–Crippen LogP) is 3.07. The zero-order chi connectivity index (χ0) is 21.8. The Hall–Kier alpha value is -3.68. The number of ether oxygens (including phenoxy) is 3. The Morgan fingerprint density at radius 2 is 1.90 bits per heavy atom. The average molecular weight is 413 g/mol. The van der Waals surface area contributed by atoms with Gasteiger partial charge in [0.2, 0.25) is 5.76 Å². The lowest BCUT2D eigenvalue weighted by molar-refractivity contribution is -0.147. The molecule has 0 saturated heterocycles. The van der Waals surface area contributed by atoms with Crippen LogP contribution in [0.3, 0.4) is 0 Å². The summed E-state index contributed by atoms with van der Waals surface area (Å²) < 4.78 is 29.5. The Balaban J connectivity index is 2.11. The average Bonchev–Trinajstić information content (AvgIpc) is 2.72. The van der Waals surface area contributed by atoms with Gasteiger partial charge in [-0.3, -0.25) is 14.5 Å². The largest absolute Gasteiger partial charge is 0.465 e. The van der Waals surface area contributed by atoms with Gasteiger partial charge in [-0.15, -0.1) is 0 Å². The first kappa shape index (κ1) is 21.0. The third-order valence-corrected chi connectivity index (χ3v) is 4.37. The quantitative estimate of drug-likeness (QED) is 0.649. The van der Waals surface area contributed by atoms with E-state index in [-0.39, 0.29) is 29.2 Å². The Bertz CT molecular complexity index is 1050. The van der Waals surface area contributed by atoms with Crippen molar-refractivity contribution in [1.82, 2.24) is 4.90 Å². The predicted molar refractivity (Wildman–Crippen MR) is 105 cm³/mol. The second-order valence-electron chi connectivity index (χ2n) is 6.47. The molecule has 7 nitrogen and oxygen atoms in total. The van der Waals surface area contributed by atoms with Crippen LogP contribution in [0.25, 0.3) is 5.70 Å². The molecule has 0 spiro atoms. The summed E-state index contributed by atoms with van der Waals surface area (Å²) in [6.45, 7) is 3.24. The molecule has 2 aromatic carbocycles. The molecule has 30 heavy (non-hydrogen) atoms. The van der Waals surface area contributed by atoms with Crippen LogP contribution in [0.15, 0.2) is 48.2 Å². The fraction of sp³-hybridized carbons (Fsp3) is 0.227. The fourth-order valence-electron chi connectivity index (χ4n) is 3.04. The molecular formula is C22H20FNO6. The number of carbonyl (C=O) groups is 3. The number of hydrogen-bond donors (Lipinski definition) is 0. The number of benzene rings is 2. The zero-order valence-electron chi connectivity index (χ0n) is 16.7. The van der Waals surface area contributed by atoms with E-state index in [0.29, 0.717) is 5.75 Å². The first-order valence-corrected chi connectivity index (χ1v) is 9.20. The lowest BCUT2D eigenvalue weighted by Crippen LogP contribution is -2.46. The lowest BCUT2D eigenvalue weighted by Gasteiger charge is -2.35. The minimum Gasteiger partial charge on any atom is -0.465 e. The summed E-state index contributed by atoms with van der Waals surface area (Å²) in [5.74, 6) is -2.30. The number of aryl methyl sites for hydroxylation is 1. The summed E-state index contributed by atoms with van der Waals surface area (Å²) in [5.41, 5.74) is 1.12. The number of halogens is 1. The van der Waals surface area contributed by atoms with E-state index in [9.17, 15) is 18.8 Å². The van der Waals surface area contributed by atoms with Gasteiger partial charge >= 0.3 is 11.9 Å². The van der Waals surface area contributed by atoms with Crippen LogP contribution in [0.4, 0.5) is 4.39 Å². The van der Waals surface area contributed by atoms with Crippen LogP contribution in [-0.4, -0.2) is 43.0 Å². The van der Waals surface area contributed by atoms with Gasteiger partial charge < -0.3 is 14.2 Å². The third kappa shape index (κ3) is 4.17. The minimum atomic E-state index is -0.720. The van der Waals surface area contributed by atoms with Crippen molar-refractivity contribution in [2.45, 2.75) is 13.8 Å². The van der Waals surface area contributed by atoms with Crippen LogP contribution in [-0.2, 0) is 19.1 Å². The summed E-state index contributed by atoms with van der Waals surface area (Å²) >= 11 is 0. The monoisotopic (exact) mass is 413 g/mol. The van der Waals surface area contributed by atoms with Crippen molar-refractivity contribution in [2.75, 3.05) is 20.3 Å². The molecule has 1 aliphatic rings. The molecule has 0 aliphatic carbocycles. The molecule has 0 N–H and O–H groups in total. The maximum absolute atomic E-state index is 14.0. The molecule has 0 fully saturated rings. The highest BCUT2D eigenvalue weighted by Gasteiger charge is 2.42. The molecule has 0 aromatic heterocycles. The first-order valence-electron chi connectivity index (χ1n) is 9.20. The van der Waals surface area contributed by atoms with Gasteiger partial charge in [0.15, 0.2) is 0 Å². The van der Waals surface area contributed by atoms with Crippen LogP contribution in [0.1, 0.15) is 28.4 Å². The maximum Gasteiger partial charge on any atom is 0.338 e. The SMILES string of the molecule is CCOC(=O)CN1C(=O)C(Oc2cccc(C)c2)=C1c1cc(F)ccc1C(=O)OC. The molecule has 0 atom stereocenters. The van der Waals surface area contributed by atoms with Gasteiger partial charge in [-0.2, -0.15) is 0 Å². The van der Waals surface area contributed by atoms with Crippen molar-refractivity contribution < 1.29 is 33.0 Å². The molecule has 0 bridgehead atoms. The van der Waals surface area contributed by atoms with Crippen molar-refractivity contribution in [3.05, 3.63) is 70.7 Å². The summed E-state index contributed by atoms with van der Waals surface area (Å²) in [4.78, 5) is 38.0. The summed E-state index contributed by atoms with van der Waals surface area (Å²) in [7, 11) is 1.19. The van der Waals surface area contributed by atoms with E-state index in [1.54, 1.807) is 25.1 Å². The van der Waals surface area contributed by atoms with Gasteiger partial charge in [0, 0.05) is 5.56 Å². The molecule has 0 saturated carbocycles. The smallest absolute Gasteiger partial charge is 0.338 e. The maximum atomic E-state index is 14.0. The van der Waals surface area contributed by atoms with Crippen LogP contribution >= 0.6 is 0 Å². The van der Waals surface area contributed by atoms with Gasteiger partial charge in [0.25, 0.3) is 5.91 Å². The van der Waals surface area contributed by atoms with Crippen LogP contribution in [0, 0.1) is 12.7 Å². The molecule has 1 amide bonds. The molecule has 0 radical (unpaired) electrons. The number of nitrogens with zero attached hydrogens (tertiary/aromatic N) is 1. The van der Waals surface area contributed by atoms with Crippen molar-refractivity contribution in [3.63, 3.8) is 0 Å². The van der Waals surface area contributed by atoms with Crippen LogP contribution < -0.4 is 4.74 Å². The number of methoxy groups -OCH3 is 1. The van der Waals surface area contributed by atoms with Gasteiger partial charge in [-0.05, 0) is 49.7 Å². The molecule has 2 aromatic rings. The molecule has 1 aliphatic heterocycles. The Labute approximate surface area is 172 Å². The minimum absolute atomic E-state index is 0.0283. The van der Waals surface area contributed by atoms with Crippen molar-refractivity contribution in [2.24, 2.45) is 0 Å². The number of hydrogen-bond acceptors (Lipinski definition) is 6. The standard InChI is InChI=1S/C22H20FNO6/c1-4-29-18(25)12-24-19(17-11-14(23)8-9-16(17)22(27)28-3)20(21(24)26)30-15-7-5-6-13(2)10-15/h5-11H,4,12H2,1-3H3. The van der Waals surface area contributed by atoms with Crippen molar-refractivity contribution >= 4 is 23.5 Å². The van der Waals surface area contributed by atoms with Crippen LogP contribution in [0.2, 0.25) is 0 Å². The van der Waals surface area contributed by atoms with E-state index in [4.69, 9.17) is 14.2 Å². The highest BCUT2D eigenvalue weighted by atomic mass is 19.1. The topological polar surface area (TPSA) is 82.1 Å². The summed E-state index contributed by atoms with van der Waals surface area (Å²) in [6, 6.07) is 10.4. The third-order valence-electron chi connectivity index (χ3n) is 4.37. The van der Waals surface area contributed by atoms with E-state index in [1.165, 1.54) is 13.2 Å². The molecule has 3 rings (SSSR count). The Morgan fingerprint density at radius 3 is 2.57 bits per heavy atom. The number of amides is 1. The van der Waals surface area contributed by atoms with E-state index < -0.39 is 30.2 Å². The van der Waals surface area contributed by atoms with Gasteiger partial charge in [0.05, 0.1) is 19.3 Å². The number of esters is 2. The van der Waals surface area contributed by atoms with E-state index in [1.807, 2.05) is 13.0 Å². The Morgan fingerprint density at radius 1 is 1.13 bits per heavy atom. The van der Waals surface area contributed by atoms with Crippen molar-refractivity contribution in [3.8, 4) is 5.75 Å². The van der Waals surface area contributed by atoms with E-state index in [0.717, 1.165) is 22.6 Å². The van der Waals surface area contributed by atoms with Gasteiger partial charge in [-0.1, -0.05) is 12.1 Å². The highest BCUT2D eigenvalue weighted by Crippen LogP contribution is 2.37. The molecule has 0 unspecified atom stereocenters. The highest BCUT2D eigenvalue weighted by molar-refractivity contribution is 6.15. The normalized spacial score (nSPS) is 13.1. The summed E-state index contributed by atoms with van der Waals surface area (Å²) in [5, 5.41) is 0. The molecule has 8 heteroatoms. The lowest BCUT2D eigenvalue weighted by atomic mass is 9.97. The van der Waals surface area contributed by atoms with Gasteiger partial charge in [-0.25, -0.2) is 9.18 Å². The summed E-state index contributed by atoms with van der Waals surface area (Å²) in [6.07, 6.45) is 0. The van der Waals surface area contributed by atoms with Gasteiger partial charge in [0.1, 0.15) is 23.8 Å². The van der Waals surface area contributed by atoms with Crippen molar-refractivity contribution in [1.29, 1.82) is 0 Å². The zero-order valence-corrected chi connectivity index (χ0v) is 16.7. The van der Waals surface area contributed by atoms with E-state index >= 15 is 0 Å². The second-order valence-corrected chi connectivity index (χ2v) is 6.47. The number of rotatable bonds is 7. The van der Waals surface area contributed by atoms with Crippen LogP contribution in [0.5, 0.6) is 5.75 Å². The molecule has 1 heterocycles. The van der Waals surface area contributed by atoms with E-state index in [2.05, 4.69) is 0 Å². The molecule has 156 valence electrons. The Kier molecular flexibility index (Phi) is 6.15. The number of carbonyl (C=O) groups excluding carboxylic acids is 3. The fourth-order valence-corrected chi connectivity index (χ4v) is 3.04. The second kappa shape index (κ2) is 8.77. The molecular weight excluding hydrogens is 393 g/mol.